The van der Waals surface area contributed by atoms with Crippen LogP contribution in [0.4, 0.5) is 0 Å². The molecule has 1 N–H and O–H groups in total. The Morgan fingerprint density at radius 3 is 2.62 bits per heavy atom. The molecule has 1 aromatic carbocycles. The Balaban J connectivity index is 1.56. The number of carbonyl (C=O) groups is 1. The normalized spacial score (nSPS) is 25.9. The van der Waals surface area contributed by atoms with Crippen molar-refractivity contribution in [2.45, 2.75) is 38.4 Å². The van der Waals surface area contributed by atoms with E-state index in [1.165, 1.54) is 0 Å². The number of aliphatic hydroxyl groups is 1. The maximum atomic E-state index is 12.4. The molecule has 2 unspecified atom stereocenters. The monoisotopic (exact) mass is 349 g/mol. The Kier molecular flexibility index (Phi) is 5.28. The van der Waals surface area contributed by atoms with Crippen molar-refractivity contribution in [3.05, 3.63) is 40.9 Å². The van der Waals surface area contributed by atoms with Crippen molar-refractivity contribution in [1.82, 2.24) is 4.90 Å². The Labute approximate surface area is 148 Å². The number of amides is 1. The maximum Gasteiger partial charge on any atom is 0.246 e. The predicted octanol–water partition coefficient (Wildman–Crippen LogP) is 3.13. The van der Waals surface area contributed by atoms with Crippen LogP contribution in [-0.2, 0) is 9.53 Å². The molecule has 1 aromatic rings. The van der Waals surface area contributed by atoms with Gasteiger partial charge in [-0.25, -0.2) is 0 Å². The van der Waals surface area contributed by atoms with Gasteiger partial charge < -0.3 is 14.7 Å². The van der Waals surface area contributed by atoms with Crippen LogP contribution in [0.2, 0.25) is 5.02 Å². The van der Waals surface area contributed by atoms with Crippen LogP contribution < -0.4 is 0 Å². The van der Waals surface area contributed by atoms with Crippen LogP contribution in [0.15, 0.2) is 30.3 Å². The number of piperidine rings is 1. The van der Waals surface area contributed by atoms with Crippen molar-refractivity contribution in [2.75, 3.05) is 19.7 Å². The number of hydrogen-bond acceptors (Lipinski definition) is 3. The third-order valence-electron chi connectivity index (χ3n) is 5.40. The maximum absolute atomic E-state index is 12.4. The summed E-state index contributed by atoms with van der Waals surface area (Å²) in [6.07, 6.45) is 5.59. The summed E-state index contributed by atoms with van der Waals surface area (Å²) in [5.74, 6) is 0.0153. The molecule has 24 heavy (non-hydrogen) atoms. The van der Waals surface area contributed by atoms with Crippen molar-refractivity contribution >= 4 is 23.6 Å². The second-order valence-electron chi connectivity index (χ2n) is 6.64. The zero-order valence-corrected chi connectivity index (χ0v) is 14.7. The van der Waals surface area contributed by atoms with E-state index in [1.54, 1.807) is 6.08 Å². The van der Waals surface area contributed by atoms with Gasteiger partial charge in [0.05, 0.1) is 12.2 Å². The SMILES string of the molecule is CCOC1CC(O)C12CCN(C(=O)/C=C/c1ccc(Cl)cc1)CC2. The lowest BCUT2D eigenvalue weighted by Gasteiger charge is -2.56. The molecule has 5 heteroatoms. The fraction of sp³-hybridized carbons (Fsp3) is 0.526. The van der Waals surface area contributed by atoms with Crippen LogP contribution in [0.1, 0.15) is 31.7 Å². The summed E-state index contributed by atoms with van der Waals surface area (Å²) in [5.41, 5.74) is 0.805. The topological polar surface area (TPSA) is 49.8 Å². The van der Waals surface area contributed by atoms with Gasteiger partial charge in [-0.05, 0) is 43.5 Å². The third-order valence-corrected chi connectivity index (χ3v) is 5.66. The molecule has 0 radical (unpaired) electrons. The minimum atomic E-state index is -0.295. The second-order valence-corrected chi connectivity index (χ2v) is 7.08. The summed E-state index contributed by atoms with van der Waals surface area (Å²) in [5, 5.41) is 10.9. The lowest BCUT2D eigenvalue weighted by Crippen LogP contribution is -2.62. The minimum Gasteiger partial charge on any atom is -0.392 e. The fourth-order valence-corrected chi connectivity index (χ4v) is 3.93. The molecule has 1 spiro atoms. The second kappa shape index (κ2) is 7.26. The number of hydrogen-bond donors (Lipinski definition) is 1. The molecule has 1 saturated carbocycles. The zero-order valence-electron chi connectivity index (χ0n) is 14.0. The zero-order chi connectivity index (χ0) is 17.2. The summed E-state index contributed by atoms with van der Waals surface area (Å²) in [7, 11) is 0. The number of aliphatic hydroxyl groups excluding tert-OH is 1. The van der Waals surface area contributed by atoms with Crippen LogP contribution in [-0.4, -0.2) is 47.8 Å². The Morgan fingerprint density at radius 1 is 1.38 bits per heavy atom. The smallest absolute Gasteiger partial charge is 0.246 e. The van der Waals surface area contributed by atoms with Crippen molar-refractivity contribution in [3.8, 4) is 0 Å². The number of ether oxygens (including phenoxy) is 1. The van der Waals surface area contributed by atoms with Crippen molar-refractivity contribution < 1.29 is 14.6 Å². The molecule has 4 nitrogen and oxygen atoms in total. The standard InChI is InChI=1S/C19H24ClNO3/c1-2-24-17-13-16(22)19(17)9-11-21(12-10-19)18(23)8-5-14-3-6-15(20)7-4-14/h3-8,16-17,22H,2,9-13H2,1H3/b8-5+. The summed E-state index contributed by atoms with van der Waals surface area (Å²) >= 11 is 5.86. The first-order chi connectivity index (χ1) is 11.5. The van der Waals surface area contributed by atoms with Gasteiger partial charge in [0, 0.05) is 42.6 Å². The Hall–Kier alpha value is -1.36. The van der Waals surface area contributed by atoms with E-state index in [9.17, 15) is 9.90 Å². The molecule has 1 amide bonds. The molecule has 2 fully saturated rings. The molecule has 130 valence electrons. The average molecular weight is 350 g/mol. The van der Waals surface area contributed by atoms with Gasteiger partial charge in [-0.2, -0.15) is 0 Å². The first-order valence-electron chi connectivity index (χ1n) is 8.57. The highest BCUT2D eigenvalue weighted by atomic mass is 35.5. The quantitative estimate of drug-likeness (QED) is 0.850. The van der Waals surface area contributed by atoms with E-state index >= 15 is 0 Å². The molecule has 1 saturated heterocycles. The Bertz CT molecular complexity index is 604. The van der Waals surface area contributed by atoms with Crippen LogP contribution in [0, 0.1) is 5.41 Å². The van der Waals surface area contributed by atoms with Crippen molar-refractivity contribution in [2.24, 2.45) is 5.41 Å². The van der Waals surface area contributed by atoms with E-state index in [1.807, 2.05) is 42.2 Å². The van der Waals surface area contributed by atoms with Crippen molar-refractivity contribution in [1.29, 1.82) is 0 Å². The van der Waals surface area contributed by atoms with Crippen molar-refractivity contribution in [3.63, 3.8) is 0 Å². The van der Waals surface area contributed by atoms with Gasteiger partial charge >= 0.3 is 0 Å². The average Bonchev–Trinajstić information content (AvgIpc) is 2.61. The van der Waals surface area contributed by atoms with Crippen LogP contribution in [0.25, 0.3) is 6.08 Å². The predicted molar refractivity (Wildman–Crippen MR) is 94.8 cm³/mol. The van der Waals surface area contributed by atoms with E-state index in [4.69, 9.17) is 16.3 Å². The van der Waals surface area contributed by atoms with Gasteiger partial charge in [-0.3, -0.25) is 4.79 Å². The number of carbonyl (C=O) groups excluding carboxylic acids is 1. The van der Waals surface area contributed by atoms with E-state index < -0.39 is 0 Å². The minimum absolute atomic E-state index is 0.0153. The van der Waals surface area contributed by atoms with Gasteiger partial charge in [0.1, 0.15) is 0 Å². The molecule has 3 rings (SSSR count). The number of likely N-dealkylation sites (tertiary alicyclic amines) is 1. The summed E-state index contributed by atoms with van der Waals surface area (Å²) in [6, 6.07) is 7.38. The molecule has 2 atom stereocenters. The summed E-state index contributed by atoms with van der Waals surface area (Å²) in [4.78, 5) is 14.2. The lowest BCUT2D eigenvalue weighted by atomic mass is 9.58. The molecule has 1 aliphatic heterocycles. The molecule has 0 bridgehead atoms. The summed E-state index contributed by atoms with van der Waals surface area (Å²) < 4.78 is 5.76. The molecule has 1 aliphatic carbocycles. The van der Waals surface area contributed by atoms with E-state index in [0.717, 1.165) is 24.8 Å². The van der Waals surface area contributed by atoms with Gasteiger partial charge in [0.2, 0.25) is 5.91 Å². The molecular weight excluding hydrogens is 326 g/mol. The van der Waals surface area contributed by atoms with E-state index in [2.05, 4.69) is 0 Å². The van der Waals surface area contributed by atoms with Gasteiger partial charge in [0.15, 0.2) is 0 Å². The molecule has 2 aliphatic rings. The highest BCUT2D eigenvalue weighted by molar-refractivity contribution is 6.30. The molecular formula is C19H24ClNO3. The van der Waals surface area contributed by atoms with E-state index in [-0.39, 0.29) is 23.5 Å². The van der Waals surface area contributed by atoms with Crippen LogP contribution >= 0.6 is 11.6 Å². The third kappa shape index (κ3) is 3.37. The molecule has 0 aromatic heterocycles. The Morgan fingerprint density at radius 2 is 2.04 bits per heavy atom. The number of halogens is 1. The van der Waals surface area contributed by atoms with Crippen LogP contribution in [0.3, 0.4) is 0 Å². The first kappa shape index (κ1) is 17.5. The highest BCUT2D eigenvalue weighted by Gasteiger charge is 2.56. The number of rotatable bonds is 4. The first-order valence-corrected chi connectivity index (χ1v) is 8.95. The molecule has 1 heterocycles. The highest BCUT2D eigenvalue weighted by Crippen LogP contribution is 2.50. The van der Waals surface area contributed by atoms with Gasteiger partial charge in [-0.15, -0.1) is 0 Å². The number of benzene rings is 1. The lowest BCUT2D eigenvalue weighted by molar-refractivity contribution is -0.209. The van der Waals surface area contributed by atoms with Gasteiger partial charge in [-0.1, -0.05) is 23.7 Å². The fourth-order valence-electron chi connectivity index (χ4n) is 3.81. The largest absolute Gasteiger partial charge is 0.392 e. The van der Waals surface area contributed by atoms with Crippen LogP contribution in [0.5, 0.6) is 0 Å². The van der Waals surface area contributed by atoms with Gasteiger partial charge in [0.25, 0.3) is 0 Å². The van der Waals surface area contributed by atoms with E-state index in [0.29, 0.717) is 24.7 Å². The summed E-state index contributed by atoms with van der Waals surface area (Å²) in [6.45, 7) is 4.00. The number of nitrogens with zero attached hydrogens (tertiary/aromatic N) is 1.